The molecule has 5 heteroatoms. The molecule has 1 fully saturated rings. The highest BCUT2D eigenvalue weighted by atomic mass is 16.5. The molecule has 0 spiro atoms. The number of carbonyl (C=O) groups is 2. The first-order valence-corrected chi connectivity index (χ1v) is 8.17. The Hall–Kier alpha value is -2.56. The van der Waals surface area contributed by atoms with Crippen LogP contribution < -0.4 is 4.74 Å². The lowest BCUT2D eigenvalue weighted by molar-refractivity contribution is -0.148. The lowest BCUT2D eigenvalue weighted by Gasteiger charge is -2.34. The minimum Gasteiger partial charge on any atom is -0.483 e. The van der Waals surface area contributed by atoms with Crippen molar-refractivity contribution in [2.45, 2.75) is 13.3 Å². The van der Waals surface area contributed by atoms with Crippen molar-refractivity contribution < 1.29 is 19.4 Å². The Labute approximate surface area is 140 Å². The summed E-state index contributed by atoms with van der Waals surface area (Å²) in [5.74, 6) is -0.596. The van der Waals surface area contributed by atoms with Gasteiger partial charge in [0.1, 0.15) is 5.75 Å². The molecule has 1 heterocycles. The molecule has 1 amide bonds. The van der Waals surface area contributed by atoms with Gasteiger partial charge in [0.2, 0.25) is 0 Å². The lowest BCUT2D eigenvalue weighted by atomic mass is 9.87. The number of piperidine rings is 1. The summed E-state index contributed by atoms with van der Waals surface area (Å²) in [6.45, 7) is 2.79. The zero-order chi connectivity index (χ0) is 17.1. The summed E-state index contributed by atoms with van der Waals surface area (Å²) in [7, 11) is 0. The van der Waals surface area contributed by atoms with Crippen LogP contribution in [0.25, 0.3) is 10.8 Å². The second kappa shape index (κ2) is 6.91. The number of carboxylic acid groups (broad SMARTS) is 1. The van der Waals surface area contributed by atoms with Gasteiger partial charge in [-0.2, -0.15) is 0 Å². The van der Waals surface area contributed by atoms with Crippen LogP contribution in [-0.4, -0.2) is 41.6 Å². The van der Waals surface area contributed by atoms with Gasteiger partial charge in [-0.15, -0.1) is 0 Å². The third kappa shape index (κ3) is 3.35. The fraction of sp³-hybridized carbons (Fsp3) is 0.368. The van der Waals surface area contributed by atoms with Gasteiger partial charge in [0.25, 0.3) is 5.91 Å². The molecule has 5 nitrogen and oxygen atoms in total. The number of carbonyl (C=O) groups excluding carboxylic acids is 1. The van der Waals surface area contributed by atoms with E-state index in [1.807, 2.05) is 49.4 Å². The van der Waals surface area contributed by atoms with Crippen LogP contribution in [0, 0.1) is 11.8 Å². The number of aliphatic carboxylic acids is 1. The van der Waals surface area contributed by atoms with Crippen molar-refractivity contribution in [2.75, 3.05) is 19.7 Å². The van der Waals surface area contributed by atoms with Gasteiger partial charge >= 0.3 is 5.97 Å². The third-order valence-corrected chi connectivity index (χ3v) is 4.68. The molecular formula is C19H21NO4. The Morgan fingerprint density at radius 1 is 1.21 bits per heavy atom. The monoisotopic (exact) mass is 327 g/mol. The van der Waals surface area contributed by atoms with Crippen LogP contribution in [0.15, 0.2) is 42.5 Å². The van der Waals surface area contributed by atoms with Gasteiger partial charge in [0.15, 0.2) is 6.61 Å². The van der Waals surface area contributed by atoms with Gasteiger partial charge in [-0.05, 0) is 23.8 Å². The minimum atomic E-state index is -0.776. The van der Waals surface area contributed by atoms with E-state index in [-0.39, 0.29) is 24.3 Å². The fourth-order valence-electron chi connectivity index (χ4n) is 3.29. The van der Waals surface area contributed by atoms with Crippen LogP contribution in [0.3, 0.4) is 0 Å². The maximum Gasteiger partial charge on any atom is 0.306 e. The van der Waals surface area contributed by atoms with Gasteiger partial charge in [-0.1, -0.05) is 43.3 Å². The summed E-state index contributed by atoms with van der Waals surface area (Å²) >= 11 is 0. The highest BCUT2D eigenvalue weighted by Gasteiger charge is 2.33. The summed E-state index contributed by atoms with van der Waals surface area (Å²) in [6.07, 6.45) is 0.497. The second-order valence-electron chi connectivity index (χ2n) is 6.32. The van der Waals surface area contributed by atoms with Gasteiger partial charge in [0, 0.05) is 18.5 Å². The van der Waals surface area contributed by atoms with Crippen molar-refractivity contribution in [3.05, 3.63) is 42.5 Å². The fourth-order valence-corrected chi connectivity index (χ4v) is 3.29. The molecule has 2 aromatic rings. The lowest BCUT2D eigenvalue weighted by Crippen LogP contribution is -2.46. The van der Waals surface area contributed by atoms with Crippen molar-refractivity contribution in [1.82, 2.24) is 4.90 Å². The highest BCUT2D eigenvalue weighted by molar-refractivity contribution is 5.88. The molecule has 0 aromatic heterocycles. The van der Waals surface area contributed by atoms with Crippen LogP contribution in [0.1, 0.15) is 13.3 Å². The Morgan fingerprint density at radius 2 is 1.96 bits per heavy atom. The number of fused-ring (bicyclic) bond motifs is 1. The minimum absolute atomic E-state index is 0.0293. The molecule has 1 aliphatic rings. The topological polar surface area (TPSA) is 66.8 Å². The van der Waals surface area contributed by atoms with E-state index >= 15 is 0 Å². The van der Waals surface area contributed by atoms with E-state index in [1.54, 1.807) is 4.90 Å². The summed E-state index contributed by atoms with van der Waals surface area (Å²) in [5, 5.41) is 11.2. The number of benzene rings is 2. The molecule has 24 heavy (non-hydrogen) atoms. The standard InChI is InChI=1S/C19H21NO4/c1-13-11-20(10-9-15(13)19(22)23)18(21)12-24-17-8-4-6-14-5-2-3-7-16(14)17/h2-8,13,15H,9-12H2,1H3,(H,22,23). The Morgan fingerprint density at radius 3 is 2.71 bits per heavy atom. The van der Waals surface area contributed by atoms with Crippen LogP contribution in [0.2, 0.25) is 0 Å². The van der Waals surface area contributed by atoms with E-state index in [9.17, 15) is 9.59 Å². The molecule has 3 rings (SSSR count). The maximum absolute atomic E-state index is 12.4. The highest BCUT2D eigenvalue weighted by Crippen LogP contribution is 2.26. The summed E-state index contributed by atoms with van der Waals surface area (Å²) in [4.78, 5) is 25.2. The average molecular weight is 327 g/mol. The Bertz CT molecular complexity index is 753. The number of likely N-dealkylation sites (tertiary alicyclic amines) is 1. The van der Waals surface area contributed by atoms with Gasteiger partial charge in [0.05, 0.1) is 5.92 Å². The molecule has 1 saturated heterocycles. The molecule has 0 saturated carbocycles. The van der Waals surface area contributed by atoms with Crippen molar-refractivity contribution >= 4 is 22.6 Å². The number of carboxylic acids is 1. The summed E-state index contributed by atoms with van der Waals surface area (Å²) < 4.78 is 5.74. The van der Waals surface area contributed by atoms with E-state index < -0.39 is 5.97 Å². The molecule has 0 bridgehead atoms. The van der Waals surface area contributed by atoms with Gasteiger partial charge in [-0.25, -0.2) is 0 Å². The van der Waals surface area contributed by atoms with E-state index in [4.69, 9.17) is 9.84 Å². The van der Waals surface area contributed by atoms with Gasteiger partial charge < -0.3 is 14.7 Å². The van der Waals surface area contributed by atoms with Crippen molar-refractivity contribution in [3.8, 4) is 5.75 Å². The Balaban J connectivity index is 1.62. The van der Waals surface area contributed by atoms with Crippen molar-refractivity contribution in [3.63, 3.8) is 0 Å². The summed E-state index contributed by atoms with van der Waals surface area (Å²) in [6, 6.07) is 13.6. The number of rotatable bonds is 4. The predicted molar refractivity (Wildman–Crippen MR) is 90.9 cm³/mol. The molecule has 2 unspecified atom stereocenters. The SMILES string of the molecule is CC1CN(C(=O)COc2cccc3ccccc23)CCC1C(=O)O. The molecule has 1 aliphatic heterocycles. The zero-order valence-corrected chi connectivity index (χ0v) is 13.6. The Kier molecular flexibility index (Phi) is 4.69. The van der Waals surface area contributed by atoms with Crippen LogP contribution in [-0.2, 0) is 9.59 Å². The smallest absolute Gasteiger partial charge is 0.306 e. The molecular weight excluding hydrogens is 306 g/mol. The van der Waals surface area contributed by atoms with Crippen molar-refractivity contribution in [1.29, 1.82) is 0 Å². The quantitative estimate of drug-likeness (QED) is 0.938. The molecule has 0 radical (unpaired) electrons. The maximum atomic E-state index is 12.4. The van der Waals surface area contributed by atoms with E-state index in [0.29, 0.717) is 25.3 Å². The van der Waals surface area contributed by atoms with E-state index in [1.165, 1.54) is 0 Å². The molecule has 0 aliphatic carbocycles. The van der Waals surface area contributed by atoms with Crippen LogP contribution in [0.5, 0.6) is 5.75 Å². The predicted octanol–water partition coefficient (Wildman–Crippen LogP) is 2.79. The average Bonchev–Trinajstić information content (AvgIpc) is 2.59. The number of ether oxygens (including phenoxy) is 1. The van der Waals surface area contributed by atoms with E-state index in [2.05, 4.69) is 0 Å². The largest absolute Gasteiger partial charge is 0.483 e. The first-order valence-electron chi connectivity index (χ1n) is 8.17. The number of hydrogen-bond donors (Lipinski definition) is 1. The van der Waals surface area contributed by atoms with Crippen molar-refractivity contribution in [2.24, 2.45) is 11.8 Å². The molecule has 2 atom stereocenters. The van der Waals surface area contributed by atoms with Crippen LogP contribution >= 0.6 is 0 Å². The zero-order valence-electron chi connectivity index (χ0n) is 13.6. The van der Waals surface area contributed by atoms with Crippen LogP contribution in [0.4, 0.5) is 0 Å². The number of amides is 1. The molecule has 2 aromatic carbocycles. The molecule has 126 valence electrons. The summed E-state index contributed by atoms with van der Waals surface area (Å²) in [5.41, 5.74) is 0. The van der Waals surface area contributed by atoms with E-state index in [0.717, 1.165) is 10.8 Å². The molecule has 1 N–H and O–H groups in total. The number of hydrogen-bond acceptors (Lipinski definition) is 3. The first-order chi connectivity index (χ1) is 11.6. The second-order valence-corrected chi connectivity index (χ2v) is 6.32. The first kappa shape index (κ1) is 16.3. The van der Waals surface area contributed by atoms with Gasteiger partial charge in [-0.3, -0.25) is 9.59 Å². The third-order valence-electron chi connectivity index (χ3n) is 4.68. The number of nitrogens with zero attached hydrogens (tertiary/aromatic N) is 1. The normalized spacial score (nSPS) is 20.8.